The fourth-order valence-electron chi connectivity index (χ4n) is 1.47. The van der Waals surface area contributed by atoms with Crippen molar-refractivity contribution >= 4 is 17.3 Å². The van der Waals surface area contributed by atoms with Gasteiger partial charge in [-0.05, 0) is 12.5 Å². The van der Waals surface area contributed by atoms with Gasteiger partial charge in [0.15, 0.2) is 17.3 Å². The Morgan fingerprint density at radius 1 is 1.53 bits per heavy atom. The number of halogens is 2. The lowest BCUT2D eigenvalue weighted by atomic mass is 10.2. The fourth-order valence-corrected chi connectivity index (χ4v) is 1.47. The molecule has 0 bridgehead atoms. The second kappa shape index (κ2) is 6.07. The van der Waals surface area contributed by atoms with E-state index in [1.165, 1.54) is 0 Å². The van der Waals surface area contributed by atoms with Crippen LogP contribution in [0.4, 0.5) is 20.2 Å². The third kappa shape index (κ3) is 3.15. The van der Waals surface area contributed by atoms with Gasteiger partial charge in [0.25, 0.3) is 5.69 Å². The molecule has 0 heterocycles. The van der Waals surface area contributed by atoms with Crippen LogP contribution in [0.5, 0.6) is 0 Å². The number of nitrogens with one attached hydrogen (secondary N) is 1. The number of hydrogen-bond donors (Lipinski definition) is 1. The summed E-state index contributed by atoms with van der Waals surface area (Å²) in [6, 6.07) is 0.475. The molecule has 1 aromatic carbocycles. The Morgan fingerprint density at radius 2 is 2.16 bits per heavy atom. The summed E-state index contributed by atoms with van der Waals surface area (Å²) >= 11 is 0. The normalized spacial score (nSPS) is 11.8. The molecule has 6 nitrogen and oxygen atoms in total. The van der Waals surface area contributed by atoms with Crippen LogP contribution < -0.4 is 5.32 Å². The summed E-state index contributed by atoms with van der Waals surface area (Å²) in [5.74, 6) is -3.37. The van der Waals surface area contributed by atoms with Crippen LogP contribution in [0.1, 0.15) is 13.3 Å². The van der Waals surface area contributed by atoms with Crippen LogP contribution in [-0.2, 0) is 9.53 Å². The maximum absolute atomic E-state index is 13.6. The first kappa shape index (κ1) is 14.8. The number of nitro groups is 1. The van der Waals surface area contributed by atoms with Gasteiger partial charge in [-0.15, -0.1) is 0 Å². The van der Waals surface area contributed by atoms with E-state index in [0.717, 1.165) is 13.2 Å². The lowest BCUT2D eigenvalue weighted by Crippen LogP contribution is -2.30. The summed E-state index contributed by atoms with van der Waals surface area (Å²) in [6.07, 6.45) is 0.194. The van der Waals surface area contributed by atoms with Crippen LogP contribution in [0.2, 0.25) is 0 Å². The van der Waals surface area contributed by atoms with Crippen molar-refractivity contribution in [1.29, 1.82) is 0 Å². The third-order valence-electron chi connectivity index (χ3n) is 2.48. The maximum atomic E-state index is 13.6. The Bertz CT molecular complexity index is 508. The first-order valence-electron chi connectivity index (χ1n) is 5.39. The molecule has 0 aliphatic carbocycles. The second-order valence-electron chi connectivity index (χ2n) is 3.64. The molecule has 0 aromatic heterocycles. The molecule has 104 valence electrons. The Hall–Kier alpha value is -2.25. The van der Waals surface area contributed by atoms with E-state index >= 15 is 0 Å². The minimum absolute atomic E-state index is 0.194. The minimum atomic E-state index is -1.41. The summed E-state index contributed by atoms with van der Waals surface area (Å²) < 4.78 is 31.2. The molecule has 0 aliphatic rings. The Kier molecular flexibility index (Phi) is 4.74. The van der Waals surface area contributed by atoms with Gasteiger partial charge in [-0.25, -0.2) is 13.6 Å². The monoisotopic (exact) mass is 274 g/mol. The lowest BCUT2D eigenvalue weighted by molar-refractivity contribution is -0.384. The number of anilines is 1. The molecule has 1 unspecified atom stereocenters. The minimum Gasteiger partial charge on any atom is -0.467 e. The molecule has 1 N–H and O–H groups in total. The fraction of sp³-hybridized carbons (Fsp3) is 0.364. The van der Waals surface area contributed by atoms with E-state index in [4.69, 9.17) is 0 Å². The SMILES string of the molecule is CCC(Nc1c([N+](=O)[O-])ccc(F)c1F)C(=O)OC. The summed E-state index contributed by atoms with van der Waals surface area (Å²) in [6.45, 7) is 1.59. The van der Waals surface area contributed by atoms with E-state index in [1.54, 1.807) is 6.92 Å². The predicted molar refractivity (Wildman–Crippen MR) is 62.7 cm³/mol. The highest BCUT2D eigenvalue weighted by Crippen LogP contribution is 2.30. The first-order chi connectivity index (χ1) is 8.92. The molecule has 8 heteroatoms. The van der Waals surface area contributed by atoms with Crippen LogP contribution in [0.25, 0.3) is 0 Å². The number of carbonyl (C=O) groups is 1. The van der Waals surface area contributed by atoms with Crippen LogP contribution >= 0.6 is 0 Å². The van der Waals surface area contributed by atoms with Gasteiger partial charge in [0, 0.05) is 6.07 Å². The first-order valence-corrected chi connectivity index (χ1v) is 5.39. The summed E-state index contributed by atoms with van der Waals surface area (Å²) in [7, 11) is 1.13. The molecule has 1 rings (SSSR count). The molecule has 0 saturated heterocycles. The van der Waals surface area contributed by atoms with Gasteiger partial charge in [-0.3, -0.25) is 10.1 Å². The van der Waals surface area contributed by atoms with Crippen molar-refractivity contribution in [1.82, 2.24) is 0 Å². The molecule has 0 radical (unpaired) electrons. The number of nitrogens with zero attached hydrogens (tertiary/aromatic N) is 1. The molecular weight excluding hydrogens is 262 g/mol. The van der Waals surface area contributed by atoms with Crippen LogP contribution in [0.15, 0.2) is 12.1 Å². The molecule has 1 aromatic rings. The molecule has 1 atom stereocenters. The van der Waals surface area contributed by atoms with Crippen molar-refractivity contribution in [2.24, 2.45) is 0 Å². The highest BCUT2D eigenvalue weighted by molar-refractivity contribution is 5.80. The highest BCUT2D eigenvalue weighted by Gasteiger charge is 2.26. The number of esters is 1. The lowest BCUT2D eigenvalue weighted by Gasteiger charge is -2.16. The number of hydrogen-bond acceptors (Lipinski definition) is 5. The molecule has 0 aliphatic heterocycles. The zero-order chi connectivity index (χ0) is 14.6. The summed E-state index contributed by atoms with van der Waals surface area (Å²) in [5, 5.41) is 13.1. The molecule has 0 spiro atoms. The number of carbonyl (C=O) groups excluding carboxylic acids is 1. The quantitative estimate of drug-likeness (QED) is 0.506. The number of benzene rings is 1. The average molecular weight is 274 g/mol. The van der Waals surface area contributed by atoms with E-state index in [9.17, 15) is 23.7 Å². The van der Waals surface area contributed by atoms with Gasteiger partial charge in [0.2, 0.25) is 0 Å². The van der Waals surface area contributed by atoms with Crippen molar-refractivity contribution in [3.63, 3.8) is 0 Å². The molecular formula is C11H12F2N2O4. The smallest absolute Gasteiger partial charge is 0.328 e. The van der Waals surface area contributed by atoms with Gasteiger partial charge >= 0.3 is 5.97 Å². The van der Waals surface area contributed by atoms with Crippen molar-refractivity contribution in [3.8, 4) is 0 Å². The number of ether oxygens (including phenoxy) is 1. The van der Waals surface area contributed by atoms with Gasteiger partial charge < -0.3 is 10.1 Å². The number of nitro benzene ring substituents is 1. The van der Waals surface area contributed by atoms with Gasteiger partial charge in [-0.1, -0.05) is 6.92 Å². The Morgan fingerprint density at radius 3 is 2.63 bits per heavy atom. The van der Waals surface area contributed by atoms with E-state index in [2.05, 4.69) is 10.1 Å². The van der Waals surface area contributed by atoms with Crippen molar-refractivity contribution in [2.45, 2.75) is 19.4 Å². The van der Waals surface area contributed by atoms with Crippen LogP contribution in [-0.4, -0.2) is 24.0 Å². The number of methoxy groups -OCH3 is 1. The Balaban J connectivity index is 3.21. The second-order valence-corrected chi connectivity index (χ2v) is 3.64. The standard InChI is InChI=1S/C11H12F2N2O4/c1-3-7(11(16)19-2)14-10-8(15(17)18)5-4-6(12)9(10)13/h4-5,7,14H,3H2,1-2H3. The average Bonchev–Trinajstić information content (AvgIpc) is 2.39. The van der Waals surface area contributed by atoms with Crippen LogP contribution in [0, 0.1) is 21.7 Å². The molecule has 0 saturated carbocycles. The van der Waals surface area contributed by atoms with Gasteiger partial charge in [-0.2, -0.15) is 0 Å². The third-order valence-corrected chi connectivity index (χ3v) is 2.48. The topological polar surface area (TPSA) is 81.5 Å². The van der Waals surface area contributed by atoms with E-state index in [-0.39, 0.29) is 6.42 Å². The molecule has 19 heavy (non-hydrogen) atoms. The van der Waals surface area contributed by atoms with Gasteiger partial charge in [0.1, 0.15) is 6.04 Å². The van der Waals surface area contributed by atoms with E-state index < -0.39 is 39.9 Å². The van der Waals surface area contributed by atoms with E-state index in [0.29, 0.717) is 6.07 Å². The van der Waals surface area contributed by atoms with Gasteiger partial charge in [0.05, 0.1) is 12.0 Å². The zero-order valence-electron chi connectivity index (χ0n) is 10.3. The zero-order valence-corrected chi connectivity index (χ0v) is 10.3. The molecule has 0 amide bonds. The summed E-state index contributed by atoms with van der Waals surface area (Å²) in [5.41, 5.74) is -1.32. The maximum Gasteiger partial charge on any atom is 0.328 e. The van der Waals surface area contributed by atoms with Crippen molar-refractivity contribution < 1.29 is 23.2 Å². The Labute approximate surface area is 107 Å². The van der Waals surface area contributed by atoms with Crippen LogP contribution in [0.3, 0.4) is 0 Å². The molecule has 0 fully saturated rings. The predicted octanol–water partition coefficient (Wildman–Crippen LogP) is 2.24. The highest BCUT2D eigenvalue weighted by atomic mass is 19.2. The van der Waals surface area contributed by atoms with Crippen molar-refractivity contribution in [2.75, 3.05) is 12.4 Å². The largest absolute Gasteiger partial charge is 0.467 e. The van der Waals surface area contributed by atoms with E-state index in [1.807, 2.05) is 0 Å². The summed E-state index contributed by atoms with van der Waals surface area (Å²) in [4.78, 5) is 21.2. The van der Waals surface area contributed by atoms with Crippen molar-refractivity contribution in [3.05, 3.63) is 33.9 Å². The number of rotatable bonds is 5.